The van der Waals surface area contributed by atoms with Gasteiger partial charge in [-0.3, -0.25) is 14.5 Å². The summed E-state index contributed by atoms with van der Waals surface area (Å²) in [6.45, 7) is 4.78. The normalized spacial score (nSPS) is 13.1. The molecule has 1 aliphatic rings. The van der Waals surface area contributed by atoms with Crippen molar-refractivity contribution in [3.05, 3.63) is 47.5 Å². The van der Waals surface area contributed by atoms with Gasteiger partial charge in [0.1, 0.15) is 11.5 Å². The van der Waals surface area contributed by atoms with Crippen molar-refractivity contribution in [3.63, 3.8) is 0 Å². The second-order valence-electron chi connectivity index (χ2n) is 7.93. The van der Waals surface area contributed by atoms with Gasteiger partial charge in [-0.15, -0.1) is 0 Å². The van der Waals surface area contributed by atoms with Gasteiger partial charge in [0.2, 0.25) is 11.8 Å². The number of rotatable bonds is 10. The van der Waals surface area contributed by atoms with Crippen molar-refractivity contribution in [2.24, 2.45) is 0 Å². The van der Waals surface area contributed by atoms with Crippen molar-refractivity contribution < 1.29 is 19.1 Å². The summed E-state index contributed by atoms with van der Waals surface area (Å²) in [6, 6.07) is 11.6. The minimum absolute atomic E-state index is 0.0576. The van der Waals surface area contributed by atoms with Crippen LogP contribution in [0.25, 0.3) is 0 Å². The third-order valence-electron chi connectivity index (χ3n) is 5.39. The van der Waals surface area contributed by atoms with E-state index < -0.39 is 0 Å². The Morgan fingerprint density at radius 2 is 1.71 bits per heavy atom. The molecule has 1 fully saturated rings. The van der Waals surface area contributed by atoms with E-state index >= 15 is 0 Å². The van der Waals surface area contributed by atoms with Gasteiger partial charge in [-0.1, -0.05) is 12.1 Å². The zero-order valence-electron chi connectivity index (χ0n) is 18.7. The van der Waals surface area contributed by atoms with Gasteiger partial charge in [0, 0.05) is 30.8 Å². The van der Waals surface area contributed by atoms with Gasteiger partial charge in [0.05, 0.1) is 26.5 Å². The van der Waals surface area contributed by atoms with Gasteiger partial charge in [-0.25, -0.2) is 0 Å². The van der Waals surface area contributed by atoms with Gasteiger partial charge in [-0.2, -0.15) is 0 Å². The molecule has 7 heteroatoms. The van der Waals surface area contributed by atoms with Gasteiger partial charge in [0.25, 0.3) is 0 Å². The Kier molecular flexibility index (Phi) is 7.52. The second kappa shape index (κ2) is 10.3. The lowest BCUT2D eigenvalue weighted by molar-refractivity contribution is -0.119. The lowest BCUT2D eigenvalue weighted by atomic mass is 10.1. The maximum Gasteiger partial charge on any atom is 0.238 e. The largest absolute Gasteiger partial charge is 0.497 e. The van der Waals surface area contributed by atoms with E-state index in [9.17, 15) is 9.59 Å². The molecular weight excluding hydrogens is 394 g/mol. The van der Waals surface area contributed by atoms with Crippen LogP contribution in [0.3, 0.4) is 0 Å². The lowest BCUT2D eigenvalue weighted by Crippen LogP contribution is -2.37. The molecule has 0 aliphatic heterocycles. The van der Waals surface area contributed by atoms with Crippen molar-refractivity contribution in [1.82, 2.24) is 4.90 Å². The average Bonchev–Trinajstić information content (AvgIpc) is 3.59. The summed E-state index contributed by atoms with van der Waals surface area (Å²) in [5, 5.41) is 5.90. The van der Waals surface area contributed by atoms with E-state index in [0.717, 1.165) is 29.7 Å². The predicted octanol–water partition coefficient (Wildman–Crippen LogP) is 3.75. The monoisotopic (exact) mass is 425 g/mol. The van der Waals surface area contributed by atoms with E-state index in [2.05, 4.69) is 15.5 Å². The molecular formula is C24H31N3O4. The number of anilines is 2. The molecule has 0 aromatic heterocycles. The van der Waals surface area contributed by atoms with Crippen LogP contribution in [0.1, 0.15) is 30.4 Å². The van der Waals surface area contributed by atoms with Crippen LogP contribution in [0.2, 0.25) is 0 Å². The van der Waals surface area contributed by atoms with Gasteiger partial charge < -0.3 is 20.1 Å². The maximum atomic E-state index is 12.6. The van der Waals surface area contributed by atoms with Crippen LogP contribution >= 0.6 is 0 Å². The Labute approximate surface area is 183 Å². The molecule has 2 aromatic carbocycles. The van der Waals surface area contributed by atoms with Crippen molar-refractivity contribution in [2.45, 2.75) is 39.2 Å². The molecule has 31 heavy (non-hydrogen) atoms. The molecule has 0 radical (unpaired) electrons. The van der Waals surface area contributed by atoms with Gasteiger partial charge in [-0.05, 0) is 56.0 Å². The zero-order chi connectivity index (χ0) is 22.4. The van der Waals surface area contributed by atoms with E-state index in [-0.39, 0.29) is 18.4 Å². The molecule has 0 spiro atoms. The summed E-state index contributed by atoms with van der Waals surface area (Å²) < 4.78 is 10.5. The third-order valence-corrected chi connectivity index (χ3v) is 5.39. The van der Waals surface area contributed by atoms with Crippen LogP contribution in [-0.2, 0) is 9.59 Å². The number of hydrogen-bond donors (Lipinski definition) is 2. The molecule has 2 aromatic rings. The van der Waals surface area contributed by atoms with Crippen LogP contribution in [0.5, 0.6) is 11.5 Å². The molecule has 1 aliphatic carbocycles. The first-order valence-electron chi connectivity index (χ1n) is 10.5. The summed E-state index contributed by atoms with van der Waals surface area (Å²) in [6.07, 6.45) is 2.41. The summed E-state index contributed by atoms with van der Waals surface area (Å²) >= 11 is 0. The predicted molar refractivity (Wildman–Crippen MR) is 122 cm³/mol. The Hall–Kier alpha value is -3.06. The lowest BCUT2D eigenvalue weighted by Gasteiger charge is -2.21. The first kappa shape index (κ1) is 22.6. The Bertz CT molecular complexity index is 940. The minimum atomic E-state index is -0.121. The molecule has 166 valence electrons. The van der Waals surface area contributed by atoms with Crippen LogP contribution in [-0.4, -0.2) is 50.1 Å². The van der Waals surface area contributed by atoms with Crippen LogP contribution in [0.15, 0.2) is 36.4 Å². The van der Waals surface area contributed by atoms with E-state index in [4.69, 9.17) is 9.47 Å². The number of benzene rings is 2. The highest BCUT2D eigenvalue weighted by atomic mass is 16.5. The second-order valence-corrected chi connectivity index (χ2v) is 7.93. The molecule has 0 heterocycles. The number of hydrogen-bond acceptors (Lipinski definition) is 5. The third kappa shape index (κ3) is 6.46. The minimum Gasteiger partial charge on any atom is -0.497 e. The average molecular weight is 426 g/mol. The number of amides is 2. The smallest absolute Gasteiger partial charge is 0.238 e. The number of methoxy groups -OCH3 is 2. The van der Waals surface area contributed by atoms with Gasteiger partial charge >= 0.3 is 0 Å². The number of carbonyl (C=O) groups is 2. The van der Waals surface area contributed by atoms with Crippen LogP contribution in [0.4, 0.5) is 11.4 Å². The number of aryl methyl sites for hydroxylation is 2. The topological polar surface area (TPSA) is 79.9 Å². The van der Waals surface area contributed by atoms with Crippen LogP contribution in [0, 0.1) is 13.8 Å². The SMILES string of the molecule is COc1ccc(NC(=O)CCN(CC(=O)Nc2cc(C)ccc2C)C2CC2)c(OC)c1. The molecule has 2 amide bonds. The Balaban J connectivity index is 1.54. The highest BCUT2D eigenvalue weighted by molar-refractivity contribution is 5.94. The summed E-state index contributed by atoms with van der Waals surface area (Å²) in [5.41, 5.74) is 3.57. The van der Waals surface area contributed by atoms with Crippen molar-refractivity contribution in [3.8, 4) is 11.5 Å². The summed E-state index contributed by atoms with van der Waals surface area (Å²) in [4.78, 5) is 27.2. The highest BCUT2D eigenvalue weighted by Gasteiger charge is 2.30. The molecule has 0 bridgehead atoms. The van der Waals surface area contributed by atoms with Gasteiger partial charge in [0.15, 0.2) is 0 Å². The summed E-state index contributed by atoms with van der Waals surface area (Å²) in [5.74, 6) is 1.02. The molecule has 3 rings (SSSR count). The Morgan fingerprint density at radius 1 is 0.968 bits per heavy atom. The van der Waals surface area contributed by atoms with Crippen molar-refractivity contribution in [1.29, 1.82) is 0 Å². The van der Waals surface area contributed by atoms with Crippen molar-refractivity contribution in [2.75, 3.05) is 37.9 Å². The molecule has 7 nitrogen and oxygen atoms in total. The van der Waals surface area contributed by atoms with E-state index in [0.29, 0.717) is 36.2 Å². The fraction of sp³-hybridized carbons (Fsp3) is 0.417. The molecule has 1 saturated carbocycles. The number of nitrogens with zero attached hydrogens (tertiary/aromatic N) is 1. The fourth-order valence-corrected chi connectivity index (χ4v) is 3.43. The number of ether oxygens (including phenoxy) is 2. The summed E-state index contributed by atoms with van der Waals surface area (Å²) in [7, 11) is 3.13. The van der Waals surface area contributed by atoms with E-state index in [1.165, 1.54) is 0 Å². The van der Waals surface area contributed by atoms with E-state index in [1.54, 1.807) is 32.4 Å². The van der Waals surface area contributed by atoms with Crippen molar-refractivity contribution >= 4 is 23.2 Å². The standard InChI is InChI=1S/C24H31N3O4/c1-16-5-6-17(2)21(13-16)26-24(29)15-27(18-7-8-18)12-11-23(28)25-20-10-9-19(30-3)14-22(20)31-4/h5-6,9-10,13-14,18H,7-8,11-12,15H2,1-4H3,(H,25,28)(H,26,29). The highest BCUT2D eigenvalue weighted by Crippen LogP contribution is 2.30. The Morgan fingerprint density at radius 3 is 2.39 bits per heavy atom. The zero-order valence-corrected chi connectivity index (χ0v) is 18.7. The first-order valence-corrected chi connectivity index (χ1v) is 10.5. The quantitative estimate of drug-likeness (QED) is 0.606. The fourth-order valence-electron chi connectivity index (χ4n) is 3.43. The molecule has 0 saturated heterocycles. The molecule has 2 N–H and O–H groups in total. The number of nitrogens with one attached hydrogen (secondary N) is 2. The number of carbonyl (C=O) groups excluding carboxylic acids is 2. The van der Waals surface area contributed by atoms with Crippen LogP contribution < -0.4 is 20.1 Å². The molecule has 0 atom stereocenters. The molecule has 0 unspecified atom stereocenters. The maximum absolute atomic E-state index is 12.6. The first-order chi connectivity index (χ1) is 14.9. The van der Waals surface area contributed by atoms with E-state index in [1.807, 2.05) is 32.0 Å².